The Morgan fingerprint density at radius 1 is 1.43 bits per heavy atom. The Morgan fingerprint density at radius 2 is 2.00 bits per heavy atom. The molecule has 1 nitrogen and oxygen atoms in total. The minimum absolute atomic E-state index is 0.437. The van der Waals surface area contributed by atoms with Gasteiger partial charge in [0.1, 0.15) is 0 Å². The maximum atomic E-state index is 5.36. The molecule has 7 heavy (non-hydrogen) atoms. The Kier molecular flexibility index (Phi) is 1.33. The molecule has 0 N–H and O–H groups in total. The Morgan fingerprint density at radius 3 is 2.14 bits per heavy atom. The summed E-state index contributed by atoms with van der Waals surface area (Å²) in [5.74, 6) is 0. The van der Waals surface area contributed by atoms with Crippen LogP contribution in [0.25, 0.3) is 0 Å². The van der Waals surface area contributed by atoms with Crippen molar-refractivity contribution in [1.29, 1.82) is 0 Å². The first-order chi connectivity index (χ1) is 3.29. The fourth-order valence-corrected chi connectivity index (χ4v) is 0.589. The molecule has 1 aliphatic rings. The molecule has 0 amide bonds. The summed E-state index contributed by atoms with van der Waals surface area (Å²) in [5, 5.41) is 0. The fraction of sp³-hybridized carbons (Fsp3) is 1.00. The maximum absolute atomic E-state index is 5.36. The summed E-state index contributed by atoms with van der Waals surface area (Å²) < 4.78 is 5.36. The van der Waals surface area contributed by atoms with Crippen LogP contribution in [0.3, 0.4) is 0 Å². The van der Waals surface area contributed by atoms with Crippen LogP contribution in [0.5, 0.6) is 0 Å². The standard InChI is InChI=1S/C6H12O/c1-5(2)7-6-3-4-6/h5-6H,3-4H2,1-2H3. The minimum Gasteiger partial charge on any atom is -0.376 e. The van der Waals surface area contributed by atoms with E-state index in [1.165, 1.54) is 12.8 Å². The lowest BCUT2D eigenvalue weighted by Gasteiger charge is -2.02. The summed E-state index contributed by atoms with van der Waals surface area (Å²) in [4.78, 5) is 0. The molecule has 0 saturated heterocycles. The number of ether oxygens (including phenoxy) is 1. The van der Waals surface area contributed by atoms with Gasteiger partial charge >= 0.3 is 0 Å². The molecule has 1 rings (SSSR count). The minimum atomic E-state index is 0.437. The SMILES string of the molecule is CC(C)OC1CC1. The van der Waals surface area contributed by atoms with Gasteiger partial charge in [0.25, 0.3) is 0 Å². The first-order valence-corrected chi connectivity index (χ1v) is 2.94. The molecule has 0 unspecified atom stereocenters. The molecular formula is C6H12O. The number of hydrogen-bond acceptors (Lipinski definition) is 1. The van der Waals surface area contributed by atoms with Crippen molar-refractivity contribution in [3.63, 3.8) is 0 Å². The smallest absolute Gasteiger partial charge is 0.0580 e. The second-order valence-electron chi connectivity index (χ2n) is 2.38. The highest BCUT2D eigenvalue weighted by atomic mass is 16.5. The molecule has 0 radical (unpaired) electrons. The normalized spacial score (nSPS) is 21.0. The maximum Gasteiger partial charge on any atom is 0.0580 e. The van der Waals surface area contributed by atoms with Crippen LogP contribution < -0.4 is 0 Å². The van der Waals surface area contributed by atoms with Crippen LogP contribution in [0.1, 0.15) is 26.7 Å². The van der Waals surface area contributed by atoms with Gasteiger partial charge in [0.15, 0.2) is 0 Å². The van der Waals surface area contributed by atoms with Crippen molar-refractivity contribution in [2.24, 2.45) is 0 Å². The molecule has 1 aliphatic carbocycles. The third-order valence-electron chi connectivity index (χ3n) is 0.989. The monoisotopic (exact) mass is 100 g/mol. The molecule has 0 spiro atoms. The second-order valence-corrected chi connectivity index (χ2v) is 2.38. The van der Waals surface area contributed by atoms with Crippen molar-refractivity contribution in [2.75, 3.05) is 0 Å². The van der Waals surface area contributed by atoms with E-state index in [9.17, 15) is 0 Å². The van der Waals surface area contributed by atoms with Gasteiger partial charge in [-0.1, -0.05) is 0 Å². The average Bonchev–Trinajstić information content (AvgIpc) is 2.17. The van der Waals surface area contributed by atoms with E-state index in [2.05, 4.69) is 13.8 Å². The van der Waals surface area contributed by atoms with Crippen molar-refractivity contribution in [3.8, 4) is 0 Å². The van der Waals surface area contributed by atoms with Gasteiger partial charge in [-0.2, -0.15) is 0 Å². The second kappa shape index (κ2) is 1.83. The van der Waals surface area contributed by atoms with Gasteiger partial charge in [-0.3, -0.25) is 0 Å². The van der Waals surface area contributed by atoms with Crippen LogP contribution in [0.4, 0.5) is 0 Å². The van der Waals surface area contributed by atoms with Crippen LogP contribution in [0, 0.1) is 0 Å². The molecular weight excluding hydrogens is 88.1 g/mol. The van der Waals surface area contributed by atoms with Crippen LogP contribution in [0.15, 0.2) is 0 Å². The zero-order valence-corrected chi connectivity index (χ0v) is 4.98. The Bertz CT molecular complexity index is 55.2. The summed E-state index contributed by atoms with van der Waals surface area (Å²) in [6.07, 6.45) is 3.64. The lowest BCUT2D eigenvalue weighted by atomic mass is 10.5. The molecule has 42 valence electrons. The predicted octanol–water partition coefficient (Wildman–Crippen LogP) is 1.57. The van der Waals surface area contributed by atoms with Crippen molar-refractivity contribution in [1.82, 2.24) is 0 Å². The third kappa shape index (κ3) is 1.93. The van der Waals surface area contributed by atoms with E-state index in [0.717, 1.165) is 0 Å². The average molecular weight is 100 g/mol. The van der Waals surface area contributed by atoms with Gasteiger partial charge < -0.3 is 4.74 Å². The van der Waals surface area contributed by atoms with Crippen LogP contribution >= 0.6 is 0 Å². The summed E-state index contributed by atoms with van der Waals surface area (Å²) in [5.41, 5.74) is 0. The molecule has 1 fully saturated rings. The zero-order valence-electron chi connectivity index (χ0n) is 4.98. The van der Waals surface area contributed by atoms with Crippen LogP contribution in [-0.2, 0) is 4.74 Å². The van der Waals surface area contributed by atoms with Crippen molar-refractivity contribution in [3.05, 3.63) is 0 Å². The molecule has 0 atom stereocenters. The van der Waals surface area contributed by atoms with Crippen molar-refractivity contribution >= 4 is 0 Å². The van der Waals surface area contributed by atoms with Crippen molar-refractivity contribution < 1.29 is 4.74 Å². The Hall–Kier alpha value is -0.0400. The van der Waals surface area contributed by atoms with Crippen molar-refractivity contribution in [2.45, 2.75) is 38.9 Å². The highest BCUT2D eigenvalue weighted by molar-refractivity contribution is 4.73. The lowest BCUT2D eigenvalue weighted by Crippen LogP contribution is -2.02. The van der Waals surface area contributed by atoms with Gasteiger partial charge in [0, 0.05) is 0 Å². The van der Waals surface area contributed by atoms with E-state index < -0.39 is 0 Å². The zero-order chi connectivity index (χ0) is 5.28. The molecule has 1 saturated carbocycles. The van der Waals surface area contributed by atoms with E-state index >= 15 is 0 Å². The van der Waals surface area contributed by atoms with Crippen LogP contribution in [0.2, 0.25) is 0 Å². The molecule has 0 bridgehead atoms. The molecule has 0 aromatic carbocycles. The molecule has 0 aromatic heterocycles. The third-order valence-corrected chi connectivity index (χ3v) is 0.989. The van der Waals surface area contributed by atoms with Gasteiger partial charge in [-0.25, -0.2) is 0 Å². The van der Waals surface area contributed by atoms with Crippen LogP contribution in [-0.4, -0.2) is 12.2 Å². The molecule has 0 aromatic rings. The Labute approximate surface area is 44.7 Å². The van der Waals surface area contributed by atoms with Gasteiger partial charge in [0.05, 0.1) is 12.2 Å². The Balaban J connectivity index is 1.97. The van der Waals surface area contributed by atoms with E-state index in [4.69, 9.17) is 4.74 Å². The topological polar surface area (TPSA) is 9.23 Å². The fourth-order valence-electron chi connectivity index (χ4n) is 0.589. The number of rotatable bonds is 2. The van der Waals surface area contributed by atoms with E-state index in [0.29, 0.717) is 12.2 Å². The molecule has 0 heterocycles. The highest BCUT2D eigenvalue weighted by Gasteiger charge is 2.22. The highest BCUT2D eigenvalue weighted by Crippen LogP contribution is 2.24. The first-order valence-electron chi connectivity index (χ1n) is 2.94. The molecule has 0 aliphatic heterocycles. The summed E-state index contributed by atoms with van der Waals surface area (Å²) >= 11 is 0. The van der Waals surface area contributed by atoms with E-state index in [1.807, 2.05) is 0 Å². The largest absolute Gasteiger partial charge is 0.376 e. The first kappa shape index (κ1) is 5.10. The predicted molar refractivity (Wildman–Crippen MR) is 29.2 cm³/mol. The van der Waals surface area contributed by atoms with E-state index in [1.54, 1.807) is 0 Å². The quantitative estimate of drug-likeness (QED) is 0.512. The summed E-state index contributed by atoms with van der Waals surface area (Å²) in [6.45, 7) is 4.16. The van der Waals surface area contributed by atoms with Gasteiger partial charge in [-0.05, 0) is 26.7 Å². The summed E-state index contributed by atoms with van der Waals surface area (Å²) in [7, 11) is 0. The van der Waals surface area contributed by atoms with Gasteiger partial charge in [-0.15, -0.1) is 0 Å². The summed E-state index contributed by atoms with van der Waals surface area (Å²) in [6, 6.07) is 0. The van der Waals surface area contributed by atoms with E-state index in [-0.39, 0.29) is 0 Å². The van der Waals surface area contributed by atoms with Gasteiger partial charge in [0.2, 0.25) is 0 Å². The number of hydrogen-bond donors (Lipinski definition) is 0. The molecule has 1 heteroatoms. The lowest BCUT2D eigenvalue weighted by molar-refractivity contribution is 0.0650.